The van der Waals surface area contributed by atoms with E-state index in [0.29, 0.717) is 5.41 Å². The first-order valence-electron chi connectivity index (χ1n) is 7.42. The molecule has 0 heteroatoms. The third-order valence-corrected chi connectivity index (χ3v) is 5.07. The van der Waals surface area contributed by atoms with Crippen LogP contribution in [0, 0.1) is 23.2 Å². The number of hydrogen-bond acceptors (Lipinski definition) is 0. The Morgan fingerprint density at radius 2 is 1.44 bits per heavy atom. The molecule has 0 bridgehead atoms. The molecule has 0 spiro atoms. The van der Waals surface area contributed by atoms with Crippen molar-refractivity contribution in [3.63, 3.8) is 0 Å². The van der Waals surface area contributed by atoms with E-state index in [9.17, 15) is 0 Å². The van der Waals surface area contributed by atoms with E-state index in [1.807, 2.05) is 0 Å². The Morgan fingerprint density at radius 3 is 1.75 bits per heavy atom. The third-order valence-electron chi connectivity index (χ3n) is 5.07. The van der Waals surface area contributed by atoms with Gasteiger partial charge in [0.2, 0.25) is 0 Å². The molecule has 0 aromatic heterocycles. The largest absolute Gasteiger partial charge is 0.0651 e. The lowest BCUT2D eigenvalue weighted by Crippen LogP contribution is -2.27. The van der Waals surface area contributed by atoms with E-state index in [2.05, 4.69) is 48.5 Å². The van der Waals surface area contributed by atoms with Crippen LogP contribution in [0.2, 0.25) is 0 Å². The minimum Gasteiger partial charge on any atom is -0.0651 e. The summed E-state index contributed by atoms with van der Waals surface area (Å²) < 4.78 is 0. The minimum absolute atomic E-state index is 0.523. The molecule has 0 rings (SSSR count). The lowest BCUT2D eigenvalue weighted by molar-refractivity contribution is 0.139. The van der Waals surface area contributed by atoms with Crippen molar-refractivity contribution in [3.05, 3.63) is 0 Å². The lowest BCUT2D eigenvalue weighted by Gasteiger charge is -2.36. The average molecular weight is 226 g/mol. The summed E-state index contributed by atoms with van der Waals surface area (Å²) in [5, 5.41) is 0. The van der Waals surface area contributed by atoms with E-state index in [1.165, 1.54) is 32.1 Å². The van der Waals surface area contributed by atoms with Gasteiger partial charge in [0.05, 0.1) is 0 Å². The Bertz CT molecular complexity index is 169. The van der Waals surface area contributed by atoms with Gasteiger partial charge in [0.15, 0.2) is 0 Å². The molecular formula is C16H34. The molecule has 0 aromatic rings. The molecule has 0 fully saturated rings. The minimum atomic E-state index is 0.523. The van der Waals surface area contributed by atoms with Gasteiger partial charge in [-0.3, -0.25) is 0 Å². The fourth-order valence-corrected chi connectivity index (χ4v) is 2.83. The van der Waals surface area contributed by atoms with E-state index in [1.54, 1.807) is 0 Å². The summed E-state index contributed by atoms with van der Waals surface area (Å²) in [6, 6.07) is 0. The monoisotopic (exact) mass is 226 g/mol. The van der Waals surface area contributed by atoms with Crippen molar-refractivity contribution in [1.29, 1.82) is 0 Å². The highest BCUT2D eigenvalue weighted by atomic mass is 14.3. The molecular weight excluding hydrogens is 192 g/mol. The lowest BCUT2D eigenvalue weighted by atomic mass is 9.69. The van der Waals surface area contributed by atoms with Gasteiger partial charge in [-0.25, -0.2) is 0 Å². The predicted molar refractivity (Wildman–Crippen MR) is 75.7 cm³/mol. The van der Waals surface area contributed by atoms with Gasteiger partial charge < -0.3 is 0 Å². The maximum atomic E-state index is 2.45. The summed E-state index contributed by atoms with van der Waals surface area (Å²) in [6.45, 7) is 16.7. The van der Waals surface area contributed by atoms with Gasteiger partial charge in [-0.05, 0) is 29.6 Å². The molecule has 0 N–H and O–H groups in total. The van der Waals surface area contributed by atoms with E-state index < -0.39 is 0 Å². The second-order valence-electron chi connectivity index (χ2n) is 6.24. The Morgan fingerprint density at radius 1 is 0.875 bits per heavy atom. The molecule has 0 radical (unpaired) electrons. The van der Waals surface area contributed by atoms with Crippen molar-refractivity contribution < 1.29 is 0 Å². The molecule has 16 heavy (non-hydrogen) atoms. The van der Waals surface area contributed by atoms with Crippen LogP contribution in [-0.2, 0) is 0 Å². The van der Waals surface area contributed by atoms with E-state index in [4.69, 9.17) is 0 Å². The molecule has 98 valence electrons. The summed E-state index contributed by atoms with van der Waals surface area (Å²) >= 11 is 0. The van der Waals surface area contributed by atoms with Crippen molar-refractivity contribution in [2.45, 2.75) is 80.6 Å². The van der Waals surface area contributed by atoms with Crippen LogP contribution in [0.4, 0.5) is 0 Å². The van der Waals surface area contributed by atoms with Crippen molar-refractivity contribution in [2.24, 2.45) is 23.2 Å². The summed E-state index contributed by atoms with van der Waals surface area (Å²) in [5.41, 5.74) is 0.523. The maximum Gasteiger partial charge on any atom is -0.0329 e. The van der Waals surface area contributed by atoms with Gasteiger partial charge in [0.1, 0.15) is 0 Å². The molecule has 0 heterocycles. The second-order valence-corrected chi connectivity index (χ2v) is 6.24. The van der Waals surface area contributed by atoms with Crippen LogP contribution in [0.3, 0.4) is 0 Å². The first kappa shape index (κ1) is 16.0. The first-order valence-corrected chi connectivity index (χ1v) is 7.42. The highest BCUT2D eigenvalue weighted by molar-refractivity contribution is 4.79. The van der Waals surface area contributed by atoms with Crippen LogP contribution in [0.1, 0.15) is 80.6 Å². The van der Waals surface area contributed by atoms with Crippen molar-refractivity contribution in [2.75, 3.05) is 0 Å². The Hall–Kier alpha value is 0. The van der Waals surface area contributed by atoms with Crippen LogP contribution in [-0.4, -0.2) is 0 Å². The quantitative estimate of drug-likeness (QED) is 0.482. The third kappa shape index (κ3) is 4.47. The van der Waals surface area contributed by atoms with Crippen LogP contribution >= 0.6 is 0 Å². The van der Waals surface area contributed by atoms with Crippen LogP contribution in [0.25, 0.3) is 0 Å². The van der Waals surface area contributed by atoms with Gasteiger partial charge in [0, 0.05) is 0 Å². The zero-order chi connectivity index (χ0) is 12.8. The molecule has 0 aromatic carbocycles. The molecule has 3 atom stereocenters. The highest BCUT2D eigenvalue weighted by Gasteiger charge is 2.29. The van der Waals surface area contributed by atoms with E-state index in [0.717, 1.165) is 17.8 Å². The normalized spacial score (nSPS) is 18.2. The molecule has 0 aliphatic rings. The molecule has 0 saturated carbocycles. The summed E-state index contributed by atoms with van der Waals surface area (Å²) in [7, 11) is 0. The summed E-state index contributed by atoms with van der Waals surface area (Å²) in [4.78, 5) is 0. The maximum absolute atomic E-state index is 2.45. The van der Waals surface area contributed by atoms with Gasteiger partial charge in [-0.1, -0.05) is 74.1 Å². The topological polar surface area (TPSA) is 0 Å². The van der Waals surface area contributed by atoms with Gasteiger partial charge in [0.25, 0.3) is 0 Å². The highest BCUT2D eigenvalue weighted by Crippen LogP contribution is 2.39. The SMILES string of the molecule is CCC(C)C(CC)CC(CC)C(C)(C)CC. The number of rotatable bonds is 8. The summed E-state index contributed by atoms with van der Waals surface area (Å²) in [6.07, 6.45) is 6.77. The van der Waals surface area contributed by atoms with Gasteiger partial charge >= 0.3 is 0 Å². The fourth-order valence-electron chi connectivity index (χ4n) is 2.83. The zero-order valence-electron chi connectivity index (χ0n) is 12.8. The Kier molecular flexibility index (Phi) is 7.35. The molecule has 0 saturated heterocycles. The van der Waals surface area contributed by atoms with Crippen LogP contribution < -0.4 is 0 Å². The van der Waals surface area contributed by atoms with Crippen molar-refractivity contribution in [1.82, 2.24) is 0 Å². The fraction of sp³-hybridized carbons (Fsp3) is 1.00. The Balaban J connectivity index is 4.50. The first-order chi connectivity index (χ1) is 7.42. The molecule has 0 aliphatic heterocycles. The van der Waals surface area contributed by atoms with E-state index in [-0.39, 0.29) is 0 Å². The molecule has 0 amide bonds. The predicted octanol–water partition coefficient (Wildman–Crippen LogP) is 5.91. The van der Waals surface area contributed by atoms with Gasteiger partial charge in [-0.2, -0.15) is 0 Å². The number of hydrogen-bond donors (Lipinski definition) is 0. The Labute approximate surface area is 104 Å². The van der Waals surface area contributed by atoms with E-state index >= 15 is 0 Å². The van der Waals surface area contributed by atoms with Crippen LogP contribution in [0.5, 0.6) is 0 Å². The summed E-state index contributed by atoms with van der Waals surface area (Å²) in [5.74, 6) is 2.73. The van der Waals surface area contributed by atoms with Crippen molar-refractivity contribution in [3.8, 4) is 0 Å². The van der Waals surface area contributed by atoms with Crippen LogP contribution in [0.15, 0.2) is 0 Å². The van der Waals surface area contributed by atoms with Crippen molar-refractivity contribution >= 4 is 0 Å². The van der Waals surface area contributed by atoms with Gasteiger partial charge in [-0.15, -0.1) is 0 Å². The standard InChI is InChI=1S/C16H34/c1-8-13(5)14(9-2)12-15(10-3)16(6,7)11-4/h13-15H,8-12H2,1-7H3. The molecule has 0 aliphatic carbocycles. The average Bonchev–Trinajstić information content (AvgIpc) is 2.29. The molecule has 0 nitrogen and oxygen atoms in total. The molecule has 3 unspecified atom stereocenters. The smallest absolute Gasteiger partial charge is 0.0329 e. The zero-order valence-corrected chi connectivity index (χ0v) is 12.8. The second kappa shape index (κ2) is 7.35.